The maximum Gasteiger partial charge on any atom is 0.251 e. The molecule has 0 aliphatic heterocycles. The SMILES string of the molecule is Cc1ccccc1C(=O)NCc1nc2ccccc2n1CC(=O)Nc1ccccc1F. The Balaban J connectivity index is 1.56. The van der Waals surface area contributed by atoms with Crippen molar-refractivity contribution >= 4 is 28.5 Å². The maximum atomic E-state index is 13.9. The number of nitrogens with one attached hydrogen (secondary N) is 2. The van der Waals surface area contributed by atoms with Crippen LogP contribution in [0, 0.1) is 12.7 Å². The van der Waals surface area contributed by atoms with Gasteiger partial charge in [-0.15, -0.1) is 0 Å². The lowest BCUT2D eigenvalue weighted by Crippen LogP contribution is -2.27. The molecule has 2 amide bonds. The quantitative estimate of drug-likeness (QED) is 0.498. The Morgan fingerprint density at radius 2 is 1.68 bits per heavy atom. The lowest BCUT2D eigenvalue weighted by Gasteiger charge is -2.12. The van der Waals surface area contributed by atoms with Crippen molar-refractivity contribution in [1.29, 1.82) is 0 Å². The summed E-state index contributed by atoms with van der Waals surface area (Å²) in [6.07, 6.45) is 0. The van der Waals surface area contributed by atoms with Crippen LogP contribution in [0.5, 0.6) is 0 Å². The molecule has 4 aromatic rings. The van der Waals surface area contributed by atoms with Crippen molar-refractivity contribution in [2.75, 3.05) is 5.32 Å². The van der Waals surface area contributed by atoms with E-state index in [9.17, 15) is 14.0 Å². The Labute approximate surface area is 178 Å². The predicted octanol–water partition coefficient (Wildman–Crippen LogP) is 4.05. The van der Waals surface area contributed by atoms with Gasteiger partial charge < -0.3 is 15.2 Å². The van der Waals surface area contributed by atoms with E-state index in [1.54, 1.807) is 22.8 Å². The number of benzene rings is 3. The van der Waals surface area contributed by atoms with Gasteiger partial charge in [0.2, 0.25) is 5.91 Å². The molecule has 2 N–H and O–H groups in total. The molecular weight excluding hydrogens is 395 g/mol. The maximum absolute atomic E-state index is 13.9. The standard InChI is InChI=1S/C24H21FN4O2/c1-16-8-2-3-9-17(16)24(31)26-14-22-27-20-12-6-7-13-21(20)29(22)15-23(30)28-19-11-5-4-10-18(19)25/h2-13H,14-15H2,1H3,(H,26,31)(H,28,30). The average molecular weight is 416 g/mol. The van der Waals surface area contributed by atoms with E-state index in [1.165, 1.54) is 12.1 Å². The van der Waals surface area contributed by atoms with Crippen molar-refractivity contribution in [2.45, 2.75) is 20.0 Å². The predicted molar refractivity (Wildman–Crippen MR) is 117 cm³/mol. The molecule has 7 heteroatoms. The number of fused-ring (bicyclic) bond motifs is 1. The summed E-state index contributed by atoms with van der Waals surface area (Å²) in [5.74, 6) is -0.573. The summed E-state index contributed by atoms with van der Waals surface area (Å²) in [7, 11) is 0. The first-order chi connectivity index (χ1) is 15.0. The van der Waals surface area contributed by atoms with Gasteiger partial charge in [-0.1, -0.05) is 42.5 Å². The number of carbonyl (C=O) groups excluding carboxylic acids is 2. The molecule has 0 radical (unpaired) electrons. The summed E-state index contributed by atoms with van der Waals surface area (Å²) in [5.41, 5.74) is 3.04. The second-order valence-electron chi connectivity index (χ2n) is 7.13. The van der Waals surface area contributed by atoms with Crippen molar-refractivity contribution in [2.24, 2.45) is 0 Å². The first-order valence-corrected chi connectivity index (χ1v) is 9.85. The van der Waals surface area contributed by atoms with E-state index in [4.69, 9.17) is 0 Å². The zero-order chi connectivity index (χ0) is 21.8. The summed E-state index contributed by atoms with van der Waals surface area (Å²) < 4.78 is 15.6. The van der Waals surface area contributed by atoms with Gasteiger partial charge in [0.05, 0.1) is 23.3 Å². The zero-order valence-electron chi connectivity index (χ0n) is 16.9. The fourth-order valence-electron chi connectivity index (χ4n) is 3.41. The number of hydrogen-bond donors (Lipinski definition) is 2. The van der Waals surface area contributed by atoms with Crippen LogP contribution in [0.25, 0.3) is 11.0 Å². The van der Waals surface area contributed by atoms with Crippen molar-refractivity contribution in [3.63, 3.8) is 0 Å². The number of anilines is 1. The van der Waals surface area contributed by atoms with Crippen molar-refractivity contribution in [1.82, 2.24) is 14.9 Å². The first kappa shape index (κ1) is 20.3. The van der Waals surface area contributed by atoms with Crippen molar-refractivity contribution in [3.8, 4) is 0 Å². The van der Waals surface area contributed by atoms with Crippen LogP contribution in [0.4, 0.5) is 10.1 Å². The molecule has 0 atom stereocenters. The molecule has 1 aromatic heterocycles. The summed E-state index contributed by atoms with van der Waals surface area (Å²) in [6.45, 7) is 1.95. The molecule has 6 nitrogen and oxygen atoms in total. The highest BCUT2D eigenvalue weighted by Crippen LogP contribution is 2.18. The number of para-hydroxylation sites is 3. The smallest absolute Gasteiger partial charge is 0.251 e. The lowest BCUT2D eigenvalue weighted by atomic mass is 10.1. The molecule has 0 fully saturated rings. The number of aryl methyl sites for hydroxylation is 1. The van der Waals surface area contributed by atoms with Crippen LogP contribution in [-0.4, -0.2) is 21.4 Å². The minimum absolute atomic E-state index is 0.0651. The van der Waals surface area contributed by atoms with E-state index in [0.29, 0.717) is 16.9 Å². The van der Waals surface area contributed by atoms with Crippen LogP contribution in [0.1, 0.15) is 21.7 Å². The molecule has 0 aliphatic rings. The third-order valence-electron chi connectivity index (χ3n) is 4.98. The van der Waals surface area contributed by atoms with Gasteiger partial charge in [-0.2, -0.15) is 0 Å². The van der Waals surface area contributed by atoms with Crippen LogP contribution >= 0.6 is 0 Å². The molecule has 0 aliphatic carbocycles. The van der Waals surface area contributed by atoms with Crippen LogP contribution in [-0.2, 0) is 17.9 Å². The second-order valence-corrected chi connectivity index (χ2v) is 7.13. The number of nitrogens with zero attached hydrogens (tertiary/aromatic N) is 2. The van der Waals surface area contributed by atoms with Gasteiger partial charge in [0.25, 0.3) is 5.91 Å². The molecule has 4 rings (SSSR count). The second kappa shape index (κ2) is 8.79. The van der Waals surface area contributed by atoms with Crippen molar-refractivity contribution < 1.29 is 14.0 Å². The molecule has 0 saturated carbocycles. The normalized spacial score (nSPS) is 10.8. The number of carbonyl (C=O) groups is 2. The van der Waals surface area contributed by atoms with Gasteiger partial charge >= 0.3 is 0 Å². The van der Waals surface area contributed by atoms with Gasteiger partial charge in [0.15, 0.2) is 0 Å². The highest BCUT2D eigenvalue weighted by molar-refractivity contribution is 5.95. The van der Waals surface area contributed by atoms with E-state index < -0.39 is 5.82 Å². The topological polar surface area (TPSA) is 76.0 Å². The first-order valence-electron chi connectivity index (χ1n) is 9.85. The molecule has 0 bridgehead atoms. The van der Waals surface area contributed by atoms with E-state index >= 15 is 0 Å². The van der Waals surface area contributed by atoms with Gasteiger partial charge in [-0.05, 0) is 42.8 Å². The van der Waals surface area contributed by atoms with E-state index in [-0.39, 0.29) is 30.6 Å². The number of halogens is 1. The van der Waals surface area contributed by atoms with Gasteiger partial charge in [0.1, 0.15) is 18.2 Å². The number of hydrogen-bond acceptors (Lipinski definition) is 3. The summed E-state index contributed by atoms with van der Waals surface area (Å²) in [5, 5.41) is 5.46. The van der Waals surface area contributed by atoms with Gasteiger partial charge in [0, 0.05) is 5.56 Å². The number of imidazole rings is 1. The molecule has 31 heavy (non-hydrogen) atoms. The minimum Gasteiger partial charge on any atom is -0.345 e. The van der Waals surface area contributed by atoms with E-state index in [1.807, 2.05) is 49.4 Å². The van der Waals surface area contributed by atoms with Gasteiger partial charge in [-0.25, -0.2) is 9.37 Å². The fourth-order valence-corrected chi connectivity index (χ4v) is 3.41. The third kappa shape index (κ3) is 4.45. The highest BCUT2D eigenvalue weighted by Gasteiger charge is 2.16. The fraction of sp³-hybridized carbons (Fsp3) is 0.125. The molecule has 0 saturated heterocycles. The number of amides is 2. The van der Waals surface area contributed by atoms with Crippen LogP contribution in [0.2, 0.25) is 0 Å². The molecule has 3 aromatic carbocycles. The Morgan fingerprint density at radius 3 is 2.48 bits per heavy atom. The highest BCUT2D eigenvalue weighted by atomic mass is 19.1. The average Bonchev–Trinajstić information content (AvgIpc) is 3.11. The van der Waals surface area contributed by atoms with Gasteiger partial charge in [-0.3, -0.25) is 9.59 Å². The minimum atomic E-state index is -0.503. The Hall–Kier alpha value is -4.00. The monoisotopic (exact) mass is 416 g/mol. The lowest BCUT2D eigenvalue weighted by molar-refractivity contribution is -0.116. The molecular formula is C24H21FN4O2. The van der Waals surface area contributed by atoms with Crippen LogP contribution in [0.3, 0.4) is 0 Å². The molecule has 1 heterocycles. The summed E-state index contributed by atoms with van der Waals surface area (Å²) in [4.78, 5) is 29.8. The number of rotatable bonds is 6. The largest absolute Gasteiger partial charge is 0.345 e. The molecule has 156 valence electrons. The zero-order valence-corrected chi connectivity index (χ0v) is 16.9. The van der Waals surface area contributed by atoms with Crippen LogP contribution < -0.4 is 10.6 Å². The third-order valence-corrected chi connectivity index (χ3v) is 4.98. The Morgan fingerprint density at radius 1 is 0.968 bits per heavy atom. The van der Waals surface area contributed by atoms with E-state index in [0.717, 1.165) is 11.1 Å². The van der Waals surface area contributed by atoms with Crippen LogP contribution in [0.15, 0.2) is 72.8 Å². The van der Waals surface area contributed by atoms with Crippen molar-refractivity contribution in [3.05, 3.63) is 95.6 Å². The Bertz CT molecular complexity index is 1270. The van der Waals surface area contributed by atoms with E-state index in [2.05, 4.69) is 15.6 Å². The number of aromatic nitrogens is 2. The molecule has 0 unspecified atom stereocenters. The summed E-state index contributed by atoms with van der Waals surface area (Å²) in [6, 6.07) is 20.7. The molecule has 0 spiro atoms. The summed E-state index contributed by atoms with van der Waals surface area (Å²) >= 11 is 0. The Kier molecular flexibility index (Phi) is 5.75.